The van der Waals surface area contributed by atoms with Gasteiger partial charge in [-0.15, -0.1) is 0 Å². The minimum Gasteiger partial charge on any atom is -0.377 e. The number of hydrogen-bond acceptors (Lipinski definition) is 3. The summed E-state index contributed by atoms with van der Waals surface area (Å²) in [4.78, 5) is 2.12. The summed E-state index contributed by atoms with van der Waals surface area (Å²) >= 11 is 0. The lowest BCUT2D eigenvalue weighted by Gasteiger charge is -2.21. The summed E-state index contributed by atoms with van der Waals surface area (Å²) in [6.07, 6.45) is 4.02. The number of anilines is 2. The van der Waals surface area contributed by atoms with Crippen LogP contribution < -0.4 is 10.2 Å². The van der Waals surface area contributed by atoms with E-state index in [1.807, 2.05) is 10.9 Å². The summed E-state index contributed by atoms with van der Waals surface area (Å²) < 4.78 is 1.95. The Balaban J connectivity index is 2.16. The average molecular weight is 258 g/mol. The zero-order chi connectivity index (χ0) is 13.8. The average Bonchev–Trinajstić information content (AvgIpc) is 2.88. The zero-order valence-corrected chi connectivity index (χ0v) is 12.1. The molecule has 0 saturated heterocycles. The quantitative estimate of drug-likeness (QED) is 0.894. The minimum absolute atomic E-state index is 0.237. The van der Waals surface area contributed by atoms with Crippen LogP contribution in [0.4, 0.5) is 11.4 Å². The standard InChI is InChI=1S/C15H22N4/c1-5-19-11-13(10-16-19)12(2)17-14-8-6-7-9-15(14)18(3)4/h6-12,17H,5H2,1-4H3. The van der Waals surface area contributed by atoms with E-state index in [0.717, 1.165) is 12.2 Å². The second-order valence-electron chi connectivity index (χ2n) is 4.91. The molecule has 102 valence electrons. The van der Waals surface area contributed by atoms with Crippen molar-refractivity contribution >= 4 is 11.4 Å². The molecule has 4 heteroatoms. The van der Waals surface area contributed by atoms with Crippen LogP contribution in [0.3, 0.4) is 0 Å². The monoisotopic (exact) mass is 258 g/mol. The molecule has 1 unspecified atom stereocenters. The topological polar surface area (TPSA) is 33.1 Å². The Bertz CT molecular complexity index is 530. The molecule has 1 heterocycles. The van der Waals surface area contributed by atoms with Gasteiger partial charge in [0.1, 0.15) is 0 Å². The van der Waals surface area contributed by atoms with Gasteiger partial charge < -0.3 is 10.2 Å². The van der Waals surface area contributed by atoms with Gasteiger partial charge in [0.15, 0.2) is 0 Å². The van der Waals surface area contributed by atoms with Crippen molar-refractivity contribution in [2.24, 2.45) is 0 Å². The highest BCUT2D eigenvalue weighted by atomic mass is 15.3. The maximum absolute atomic E-state index is 4.32. The Morgan fingerprint density at radius 2 is 2.05 bits per heavy atom. The maximum Gasteiger partial charge on any atom is 0.0596 e. The largest absolute Gasteiger partial charge is 0.377 e. The van der Waals surface area contributed by atoms with Crippen molar-refractivity contribution in [3.8, 4) is 0 Å². The van der Waals surface area contributed by atoms with E-state index in [4.69, 9.17) is 0 Å². The first-order chi connectivity index (χ1) is 9.11. The van der Waals surface area contributed by atoms with Crippen LogP contribution >= 0.6 is 0 Å². The van der Waals surface area contributed by atoms with Crippen molar-refractivity contribution in [1.82, 2.24) is 9.78 Å². The molecular formula is C15H22N4. The Labute approximate surface area is 115 Å². The van der Waals surface area contributed by atoms with E-state index in [9.17, 15) is 0 Å². The summed E-state index contributed by atoms with van der Waals surface area (Å²) in [7, 11) is 4.11. The Morgan fingerprint density at radius 1 is 1.32 bits per heavy atom. The van der Waals surface area contributed by atoms with Crippen molar-refractivity contribution in [1.29, 1.82) is 0 Å². The number of benzene rings is 1. The molecule has 19 heavy (non-hydrogen) atoms. The predicted octanol–water partition coefficient (Wildman–Crippen LogP) is 3.14. The fraction of sp³-hybridized carbons (Fsp3) is 0.400. The number of nitrogens with zero attached hydrogens (tertiary/aromatic N) is 3. The molecule has 1 aromatic carbocycles. The number of aryl methyl sites for hydroxylation is 1. The maximum atomic E-state index is 4.32. The van der Waals surface area contributed by atoms with Gasteiger partial charge in [0.2, 0.25) is 0 Å². The zero-order valence-electron chi connectivity index (χ0n) is 12.1. The predicted molar refractivity (Wildman–Crippen MR) is 80.7 cm³/mol. The highest BCUT2D eigenvalue weighted by Crippen LogP contribution is 2.27. The Hall–Kier alpha value is -1.97. The molecule has 1 N–H and O–H groups in total. The highest BCUT2D eigenvalue weighted by molar-refractivity contribution is 5.69. The molecule has 2 aromatic rings. The van der Waals surface area contributed by atoms with E-state index in [-0.39, 0.29) is 6.04 Å². The van der Waals surface area contributed by atoms with Crippen molar-refractivity contribution in [3.63, 3.8) is 0 Å². The first-order valence-corrected chi connectivity index (χ1v) is 6.67. The summed E-state index contributed by atoms with van der Waals surface area (Å²) in [5.41, 5.74) is 3.54. The lowest BCUT2D eigenvalue weighted by molar-refractivity contribution is 0.658. The van der Waals surface area contributed by atoms with Crippen LogP contribution in [-0.2, 0) is 6.54 Å². The van der Waals surface area contributed by atoms with Gasteiger partial charge in [-0.3, -0.25) is 4.68 Å². The van der Waals surface area contributed by atoms with Crippen LogP contribution in [0, 0.1) is 0 Å². The number of nitrogens with one attached hydrogen (secondary N) is 1. The lowest BCUT2D eigenvalue weighted by Crippen LogP contribution is -2.13. The fourth-order valence-corrected chi connectivity index (χ4v) is 2.08. The number of aromatic nitrogens is 2. The molecular weight excluding hydrogens is 236 g/mol. The van der Waals surface area contributed by atoms with E-state index in [1.54, 1.807) is 0 Å². The molecule has 0 aliphatic carbocycles. The molecule has 0 fully saturated rings. The normalized spacial score (nSPS) is 12.2. The van der Waals surface area contributed by atoms with Gasteiger partial charge in [0, 0.05) is 32.4 Å². The number of rotatable bonds is 5. The Kier molecular flexibility index (Phi) is 4.10. The third-order valence-electron chi connectivity index (χ3n) is 3.24. The van der Waals surface area contributed by atoms with Crippen molar-refractivity contribution in [2.75, 3.05) is 24.3 Å². The molecule has 1 aromatic heterocycles. The van der Waals surface area contributed by atoms with Crippen molar-refractivity contribution in [3.05, 3.63) is 42.2 Å². The molecule has 1 atom stereocenters. The van der Waals surface area contributed by atoms with Gasteiger partial charge in [0.25, 0.3) is 0 Å². The van der Waals surface area contributed by atoms with Crippen molar-refractivity contribution < 1.29 is 0 Å². The summed E-state index contributed by atoms with van der Waals surface area (Å²) in [6, 6.07) is 8.57. The molecule has 4 nitrogen and oxygen atoms in total. The van der Waals surface area contributed by atoms with Crippen LogP contribution in [0.25, 0.3) is 0 Å². The molecule has 0 bridgehead atoms. The van der Waals surface area contributed by atoms with Gasteiger partial charge in [-0.2, -0.15) is 5.10 Å². The van der Waals surface area contributed by atoms with E-state index < -0.39 is 0 Å². The summed E-state index contributed by atoms with van der Waals surface area (Å²) in [5, 5.41) is 7.87. The second kappa shape index (κ2) is 5.78. The first-order valence-electron chi connectivity index (χ1n) is 6.67. The highest BCUT2D eigenvalue weighted by Gasteiger charge is 2.10. The molecule has 0 amide bonds. The van der Waals surface area contributed by atoms with Crippen LogP contribution in [0.5, 0.6) is 0 Å². The van der Waals surface area contributed by atoms with E-state index in [2.05, 4.69) is 73.7 Å². The van der Waals surface area contributed by atoms with Gasteiger partial charge in [-0.25, -0.2) is 0 Å². The number of para-hydroxylation sites is 2. The molecule has 0 saturated carbocycles. The van der Waals surface area contributed by atoms with Crippen LogP contribution in [0.15, 0.2) is 36.7 Å². The summed E-state index contributed by atoms with van der Waals surface area (Å²) in [5.74, 6) is 0. The van der Waals surface area contributed by atoms with Crippen LogP contribution in [0.1, 0.15) is 25.5 Å². The van der Waals surface area contributed by atoms with Crippen LogP contribution in [0.2, 0.25) is 0 Å². The third-order valence-corrected chi connectivity index (χ3v) is 3.24. The molecule has 0 radical (unpaired) electrons. The minimum atomic E-state index is 0.237. The SMILES string of the molecule is CCn1cc(C(C)Nc2ccccc2N(C)C)cn1. The molecule has 2 rings (SSSR count). The molecule has 0 aliphatic rings. The Morgan fingerprint density at radius 3 is 2.68 bits per heavy atom. The van der Waals surface area contributed by atoms with Gasteiger partial charge >= 0.3 is 0 Å². The first kappa shape index (κ1) is 13.5. The van der Waals surface area contributed by atoms with Gasteiger partial charge in [-0.1, -0.05) is 12.1 Å². The smallest absolute Gasteiger partial charge is 0.0596 e. The van der Waals surface area contributed by atoms with Crippen molar-refractivity contribution in [2.45, 2.75) is 26.4 Å². The van der Waals surface area contributed by atoms with Gasteiger partial charge in [-0.05, 0) is 26.0 Å². The third kappa shape index (κ3) is 3.08. The van der Waals surface area contributed by atoms with Gasteiger partial charge in [0.05, 0.1) is 23.6 Å². The lowest BCUT2D eigenvalue weighted by atomic mass is 10.1. The summed E-state index contributed by atoms with van der Waals surface area (Å²) in [6.45, 7) is 5.15. The second-order valence-corrected chi connectivity index (χ2v) is 4.91. The fourth-order valence-electron chi connectivity index (χ4n) is 2.08. The van der Waals surface area contributed by atoms with E-state index in [0.29, 0.717) is 0 Å². The van der Waals surface area contributed by atoms with E-state index >= 15 is 0 Å². The molecule has 0 aliphatic heterocycles. The van der Waals surface area contributed by atoms with Crippen LogP contribution in [-0.4, -0.2) is 23.9 Å². The number of hydrogen-bond donors (Lipinski definition) is 1. The molecule has 0 spiro atoms. The van der Waals surface area contributed by atoms with E-state index in [1.165, 1.54) is 11.3 Å².